The summed E-state index contributed by atoms with van der Waals surface area (Å²) in [4.78, 5) is 35.3. The second kappa shape index (κ2) is 8.91. The molecule has 0 aliphatic rings. The lowest BCUT2D eigenvalue weighted by Gasteiger charge is -2.21. The summed E-state index contributed by atoms with van der Waals surface area (Å²) in [7, 11) is 0. The van der Waals surface area contributed by atoms with E-state index in [1.165, 1.54) is 19.1 Å². The second-order valence-electron chi connectivity index (χ2n) is 6.43. The molecule has 0 heterocycles. The lowest BCUT2D eigenvalue weighted by atomic mass is 10.2. The fourth-order valence-corrected chi connectivity index (χ4v) is 1.83. The second-order valence-corrected chi connectivity index (χ2v) is 6.43. The summed E-state index contributed by atoms with van der Waals surface area (Å²) in [5.74, 6) is -0.950. The number of amides is 3. The molecule has 3 amide bonds. The summed E-state index contributed by atoms with van der Waals surface area (Å²) in [6.07, 6.45) is -0.678. The van der Waals surface area contributed by atoms with Crippen molar-refractivity contribution in [2.75, 3.05) is 13.1 Å². The molecule has 0 fully saturated rings. The predicted molar refractivity (Wildman–Crippen MR) is 92.3 cm³/mol. The molecule has 1 rings (SSSR count). The third-order valence-corrected chi connectivity index (χ3v) is 2.98. The van der Waals surface area contributed by atoms with Crippen molar-refractivity contribution in [3.63, 3.8) is 0 Å². The van der Waals surface area contributed by atoms with Crippen LogP contribution in [-0.4, -0.2) is 47.7 Å². The predicted octanol–water partition coefficient (Wildman–Crippen LogP) is 1.15. The largest absolute Gasteiger partial charge is 0.507 e. The number of alkyl carbamates (subject to hydrolysis) is 1. The molecule has 1 unspecified atom stereocenters. The number of benzene rings is 1. The van der Waals surface area contributed by atoms with Gasteiger partial charge < -0.3 is 25.8 Å². The van der Waals surface area contributed by atoms with Gasteiger partial charge in [-0.1, -0.05) is 12.1 Å². The van der Waals surface area contributed by atoms with E-state index in [1.807, 2.05) is 0 Å². The van der Waals surface area contributed by atoms with Crippen LogP contribution in [0.25, 0.3) is 0 Å². The lowest BCUT2D eigenvalue weighted by Crippen LogP contribution is -2.47. The molecule has 138 valence electrons. The van der Waals surface area contributed by atoms with Crippen molar-refractivity contribution in [2.24, 2.45) is 0 Å². The number of hydrogen-bond acceptors (Lipinski definition) is 5. The normalized spacial score (nSPS) is 12.0. The molecule has 25 heavy (non-hydrogen) atoms. The molecular weight excluding hydrogens is 326 g/mol. The fourth-order valence-electron chi connectivity index (χ4n) is 1.83. The Morgan fingerprint density at radius 3 is 2.32 bits per heavy atom. The highest BCUT2D eigenvalue weighted by Gasteiger charge is 2.20. The minimum absolute atomic E-state index is 0.112. The molecule has 0 aromatic heterocycles. The molecule has 1 aromatic rings. The highest BCUT2D eigenvalue weighted by atomic mass is 16.6. The van der Waals surface area contributed by atoms with E-state index in [9.17, 15) is 19.5 Å². The molecule has 0 aliphatic heterocycles. The van der Waals surface area contributed by atoms with Gasteiger partial charge in [-0.15, -0.1) is 0 Å². The van der Waals surface area contributed by atoms with Crippen molar-refractivity contribution in [3.8, 4) is 5.75 Å². The number of aromatic hydroxyl groups is 1. The zero-order valence-corrected chi connectivity index (χ0v) is 14.9. The number of carbonyl (C=O) groups excluding carboxylic acids is 3. The van der Waals surface area contributed by atoms with E-state index in [4.69, 9.17) is 4.74 Å². The first-order valence-corrected chi connectivity index (χ1v) is 7.93. The van der Waals surface area contributed by atoms with Crippen LogP contribution in [0.4, 0.5) is 4.79 Å². The first-order chi connectivity index (χ1) is 11.6. The minimum Gasteiger partial charge on any atom is -0.507 e. The van der Waals surface area contributed by atoms with Crippen molar-refractivity contribution >= 4 is 17.9 Å². The van der Waals surface area contributed by atoms with E-state index < -0.39 is 29.6 Å². The molecular formula is C17H25N3O5. The summed E-state index contributed by atoms with van der Waals surface area (Å²) in [5, 5.41) is 17.2. The van der Waals surface area contributed by atoms with E-state index in [-0.39, 0.29) is 24.4 Å². The van der Waals surface area contributed by atoms with E-state index in [0.29, 0.717) is 0 Å². The molecule has 0 saturated heterocycles. The number of carbonyl (C=O) groups is 3. The van der Waals surface area contributed by atoms with Gasteiger partial charge in [-0.3, -0.25) is 9.59 Å². The van der Waals surface area contributed by atoms with Gasteiger partial charge in [-0.05, 0) is 39.8 Å². The van der Waals surface area contributed by atoms with Gasteiger partial charge in [0, 0.05) is 13.1 Å². The zero-order valence-electron chi connectivity index (χ0n) is 14.9. The lowest BCUT2D eigenvalue weighted by molar-refractivity contribution is -0.122. The Bertz CT molecular complexity index is 625. The Morgan fingerprint density at radius 1 is 1.12 bits per heavy atom. The van der Waals surface area contributed by atoms with Crippen LogP contribution >= 0.6 is 0 Å². The van der Waals surface area contributed by atoms with Crippen molar-refractivity contribution in [3.05, 3.63) is 29.8 Å². The summed E-state index contributed by atoms with van der Waals surface area (Å²) in [6.45, 7) is 7.07. The molecule has 0 radical (unpaired) electrons. The third-order valence-electron chi connectivity index (χ3n) is 2.98. The minimum atomic E-state index is -0.774. The van der Waals surface area contributed by atoms with Gasteiger partial charge in [0.15, 0.2) is 0 Å². The maximum atomic E-state index is 11.9. The first kappa shape index (κ1) is 20.3. The van der Waals surface area contributed by atoms with Crippen molar-refractivity contribution < 1.29 is 24.2 Å². The molecule has 1 atom stereocenters. The number of nitrogens with one attached hydrogen (secondary N) is 3. The molecule has 0 saturated carbocycles. The van der Waals surface area contributed by atoms with Crippen LogP contribution < -0.4 is 16.0 Å². The van der Waals surface area contributed by atoms with Gasteiger partial charge in [-0.2, -0.15) is 0 Å². The average Bonchev–Trinajstić information content (AvgIpc) is 2.49. The van der Waals surface area contributed by atoms with Crippen molar-refractivity contribution in [1.29, 1.82) is 0 Å². The first-order valence-electron chi connectivity index (χ1n) is 7.93. The molecule has 8 heteroatoms. The molecule has 0 spiro atoms. The number of phenolic OH excluding ortho intramolecular Hbond substituents is 1. The monoisotopic (exact) mass is 351 g/mol. The fraction of sp³-hybridized carbons (Fsp3) is 0.471. The van der Waals surface area contributed by atoms with Crippen LogP contribution in [0, 0.1) is 0 Å². The smallest absolute Gasteiger partial charge is 0.408 e. The summed E-state index contributed by atoms with van der Waals surface area (Å²) in [5.41, 5.74) is -0.484. The van der Waals surface area contributed by atoms with Gasteiger partial charge in [-0.25, -0.2) is 4.79 Å². The standard InChI is InChI=1S/C17H25N3O5/c1-11(20-16(24)25-17(2,3)4)14(22)18-9-10-19-15(23)12-7-5-6-8-13(12)21/h5-8,11,21H,9-10H2,1-4H3,(H,18,22)(H,19,23)(H,20,24). The van der Waals surface area contributed by atoms with E-state index >= 15 is 0 Å². The topological polar surface area (TPSA) is 117 Å². The highest BCUT2D eigenvalue weighted by molar-refractivity contribution is 5.96. The molecule has 1 aromatic carbocycles. The van der Waals surface area contributed by atoms with Gasteiger partial charge in [0.2, 0.25) is 5.91 Å². The molecule has 8 nitrogen and oxygen atoms in total. The van der Waals surface area contributed by atoms with Crippen molar-refractivity contribution in [1.82, 2.24) is 16.0 Å². The highest BCUT2D eigenvalue weighted by Crippen LogP contribution is 2.14. The Hall–Kier alpha value is -2.77. The Morgan fingerprint density at radius 2 is 1.72 bits per heavy atom. The maximum absolute atomic E-state index is 11.9. The van der Waals surface area contributed by atoms with Gasteiger partial charge in [0.05, 0.1) is 5.56 Å². The van der Waals surface area contributed by atoms with Crippen LogP contribution in [0.15, 0.2) is 24.3 Å². The van der Waals surface area contributed by atoms with E-state index in [0.717, 1.165) is 0 Å². The number of rotatable bonds is 6. The molecule has 0 aliphatic carbocycles. The van der Waals surface area contributed by atoms with Gasteiger partial charge in [0.25, 0.3) is 5.91 Å². The van der Waals surface area contributed by atoms with Crippen LogP contribution in [0.2, 0.25) is 0 Å². The third kappa shape index (κ3) is 7.56. The SMILES string of the molecule is CC(NC(=O)OC(C)(C)C)C(=O)NCCNC(=O)c1ccccc1O. The van der Waals surface area contributed by atoms with Crippen LogP contribution in [0.1, 0.15) is 38.1 Å². The average molecular weight is 351 g/mol. The maximum Gasteiger partial charge on any atom is 0.408 e. The Kier molecular flexibility index (Phi) is 7.22. The zero-order chi connectivity index (χ0) is 19.0. The van der Waals surface area contributed by atoms with E-state index in [1.54, 1.807) is 32.9 Å². The number of hydrogen-bond donors (Lipinski definition) is 4. The quantitative estimate of drug-likeness (QED) is 0.574. The summed E-state index contributed by atoms with van der Waals surface area (Å²) < 4.78 is 5.07. The number of ether oxygens (including phenoxy) is 1. The van der Waals surface area contributed by atoms with Gasteiger partial charge in [0.1, 0.15) is 17.4 Å². The number of para-hydroxylation sites is 1. The summed E-state index contributed by atoms with van der Waals surface area (Å²) >= 11 is 0. The molecule has 0 bridgehead atoms. The van der Waals surface area contributed by atoms with Gasteiger partial charge >= 0.3 is 6.09 Å². The van der Waals surface area contributed by atoms with Crippen LogP contribution in [0.5, 0.6) is 5.75 Å². The molecule has 4 N–H and O–H groups in total. The van der Waals surface area contributed by atoms with Crippen molar-refractivity contribution in [2.45, 2.75) is 39.3 Å². The Labute approximate surface area is 146 Å². The van der Waals surface area contributed by atoms with Crippen LogP contribution in [0.3, 0.4) is 0 Å². The number of phenols is 1. The Balaban J connectivity index is 2.31. The van der Waals surface area contributed by atoms with E-state index in [2.05, 4.69) is 16.0 Å². The summed E-state index contributed by atoms with van der Waals surface area (Å²) in [6, 6.07) is 5.39. The van der Waals surface area contributed by atoms with Crippen LogP contribution in [-0.2, 0) is 9.53 Å².